The molecule has 3 nitrogen and oxygen atoms in total. The normalized spacial score (nSPS) is 11.6. The lowest BCUT2D eigenvalue weighted by Crippen LogP contribution is -2.25. The van der Waals surface area contributed by atoms with E-state index in [2.05, 4.69) is 20.8 Å². The zero-order chi connectivity index (χ0) is 15.4. The first-order chi connectivity index (χ1) is 9.45. The van der Waals surface area contributed by atoms with E-state index in [0.29, 0.717) is 0 Å². The van der Waals surface area contributed by atoms with Gasteiger partial charge >= 0.3 is 5.97 Å². The van der Waals surface area contributed by atoms with Crippen LogP contribution in [0.3, 0.4) is 0 Å². The fraction of sp³-hybridized carbons (Fsp3) is 0.882. The Morgan fingerprint density at radius 2 is 1.30 bits per heavy atom. The summed E-state index contributed by atoms with van der Waals surface area (Å²) in [6.07, 6.45) is 11.5. The predicted octanol–water partition coefficient (Wildman–Crippen LogP) is 4.98. The van der Waals surface area contributed by atoms with Crippen LogP contribution in [0.1, 0.15) is 91.4 Å². The summed E-state index contributed by atoms with van der Waals surface area (Å²) in [5.74, 6) is -1.91. The van der Waals surface area contributed by atoms with Gasteiger partial charge in [0.25, 0.3) is 0 Å². The molecule has 0 saturated heterocycles. The molecule has 20 heavy (non-hydrogen) atoms. The summed E-state index contributed by atoms with van der Waals surface area (Å²) < 4.78 is 0. The number of ketones is 1. The Morgan fingerprint density at radius 1 is 0.850 bits per heavy atom. The van der Waals surface area contributed by atoms with Crippen LogP contribution in [0, 0.1) is 5.41 Å². The Bertz CT molecular complexity index is 272. The average Bonchev–Trinajstić information content (AvgIpc) is 2.40. The molecule has 0 bridgehead atoms. The predicted molar refractivity (Wildman–Crippen MR) is 82.9 cm³/mol. The van der Waals surface area contributed by atoms with Crippen molar-refractivity contribution >= 4 is 11.8 Å². The van der Waals surface area contributed by atoms with E-state index in [1.807, 2.05) is 0 Å². The smallest absolute Gasteiger partial charge is 0.372 e. The van der Waals surface area contributed by atoms with E-state index >= 15 is 0 Å². The molecule has 0 aromatic rings. The zero-order valence-electron chi connectivity index (χ0n) is 13.5. The highest BCUT2D eigenvalue weighted by molar-refractivity contribution is 6.32. The molecule has 0 rings (SSSR count). The van der Waals surface area contributed by atoms with Gasteiger partial charge in [0.2, 0.25) is 5.78 Å². The minimum absolute atomic E-state index is 0.128. The van der Waals surface area contributed by atoms with E-state index in [0.717, 1.165) is 25.7 Å². The van der Waals surface area contributed by atoms with Gasteiger partial charge in [-0.2, -0.15) is 0 Å². The van der Waals surface area contributed by atoms with Crippen LogP contribution in [0.15, 0.2) is 0 Å². The minimum atomic E-state index is -1.28. The quantitative estimate of drug-likeness (QED) is 0.383. The van der Waals surface area contributed by atoms with Gasteiger partial charge in [0.15, 0.2) is 0 Å². The number of carboxylic acids is 1. The molecule has 0 atom stereocenters. The fourth-order valence-electron chi connectivity index (χ4n) is 2.72. The maximum absolute atomic E-state index is 11.5. The molecule has 0 heterocycles. The van der Waals surface area contributed by atoms with E-state index in [1.54, 1.807) is 0 Å². The maximum atomic E-state index is 11.5. The number of hydrogen-bond acceptors (Lipinski definition) is 2. The number of carbonyl (C=O) groups is 2. The molecule has 0 aromatic heterocycles. The van der Waals surface area contributed by atoms with Gasteiger partial charge in [-0.1, -0.05) is 72.1 Å². The van der Waals surface area contributed by atoms with Crippen LogP contribution in [0.2, 0.25) is 0 Å². The second-order valence-electron chi connectivity index (χ2n) is 6.34. The molecular weight excluding hydrogens is 252 g/mol. The largest absolute Gasteiger partial charge is 0.476 e. The number of rotatable bonds is 13. The van der Waals surface area contributed by atoms with Crippen molar-refractivity contribution in [1.29, 1.82) is 0 Å². The number of carboxylic acid groups (broad SMARTS) is 1. The van der Waals surface area contributed by atoms with Crippen LogP contribution in [0.25, 0.3) is 0 Å². The molecular formula is C17H32O3. The molecule has 0 aliphatic heterocycles. The van der Waals surface area contributed by atoms with Crippen LogP contribution in [-0.2, 0) is 9.59 Å². The topological polar surface area (TPSA) is 54.4 Å². The van der Waals surface area contributed by atoms with Gasteiger partial charge in [-0.15, -0.1) is 0 Å². The summed E-state index contributed by atoms with van der Waals surface area (Å²) in [6, 6.07) is 0. The molecule has 0 aliphatic carbocycles. The second-order valence-corrected chi connectivity index (χ2v) is 6.34. The van der Waals surface area contributed by atoms with Crippen molar-refractivity contribution < 1.29 is 14.7 Å². The molecule has 1 N–H and O–H groups in total. The van der Waals surface area contributed by atoms with Crippen molar-refractivity contribution in [2.45, 2.75) is 91.4 Å². The highest BCUT2D eigenvalue weighted by Gasteiger charge is 2.29. The summed E-state index contributed by atoms with van der Waals surface area (Å²) >= 11 is 0. The van der Waals surface area contributed by atoms with Gasteiger partial charge < -0.3 is 5.11 Å². The number of Topliss-reactive ketones (excluding diaryl/α,β-unsaturated/α-hetero) is 1. The minimum Gasteiger partial charge on any atom is -0.476 e. The summed E-state index contributed by atoms with van der Waals surface area (Å²) in [7, 11) is 0. The fourth-order valence-corrected chi connectivity index (χ4v) is 2.72. The third-order valence-corrected chi connectivity index (χ3v) is 4.09. The van der Waals surface area contributed by atoms with E-state index in [1.165, 1.54) is 38.5 Å². The van der Waals surface area contributed by atoms with Gasteiger partial charge in [0, 0.05) is 6.42 Å². The molecule has 0 aliphatic rings. The summed E-state index contributed by atoms with van der Waals surface area (Å²) in [5.41, 5.74) is -0.128. The van der Waals surface area contributed by atoms with E-state index in [4.69, 9.17) is 5.11 Å². The summed E-state index contributed by atoms with van der Waals surface area (Å²) in [4.78, 5) is 22.3. The van der Waals surface area contributed by atoms with E-state index < -0.39 is 11.8 Å². The van der Waals surface area contributed by atoms with Crippen LogP contribution in [0.4, 0.5) is 0 Å². The van der Waals surface area contributed by atoms with Crippen LogP contribution in [0.5, 0.6) is 0 Å². The molecule has 3 heteroatoms. The number of hydrogen-bond donors (Lipinski definition) is 1. The Hall–Kier alpha value is -0.860. The molecule has 118 valence electrons. The van der Waals surface area contributed by atoms with Gasteiger partial charge in [-0.3, -0.25) is 4.79 Å². The molecule has 0 fully saturated rings. The van der Waals surface area contributed by atoms with Crippen molar-refractivity contribution in [2.24, 2.45) is 5.41 Å². The SMILES string of the molecule is CCCCCCC(C)(CCCCCC)CC(=O)C(=O)O. The molecule has 0 spiro atoms. The third-order valence-electron chi connectivity index (χ3n) is 4.09. The first-order valence-electron chi connectivity index (χ1n) is 8.21. The highest BCUT2D eigenvalue weighted by Crippen LogP contribution is 2.35. The number of aliphatic carboxylic acids is 1. The highest BCUT2D eigenvalue weighted by atomic mass is 16.4. The first-order valence-corrected chi connectivity index (χ1v) is 8.21. The lowest BCUT2D eigenvalue weighted by atomic mass is 9.76. The maximum Gasteiger partial charge on any atom is 0.372 e. The zero-order valence-corrected chi connectivity index (χ0v) is 13.5. The first kappa shape index (κ1) is 19.1. The summed E-state index contributed by atoms with van der Waals surface area (Å²) in [6.45, 7) is 6.45. The van der Waals surface area contributed by atoms with Gasteiger partial charge in [-0.05, 0) is 18.3 Å². The molecule has 0 radical (unpaired) electrons. The lowest BCUT2D eigenvalue weighted by molar-refractivity contribution is -0.150. The number of carbonyl (C=O) groups excluding carboxylic acids is 1. The van der Waals surface area contributed by atoms with Crippen LogP contribution >= 0.6 is 0 Å². The van der Waals surface area contributed by atoms with Crippen molar-refractivity contribution in [3.63, 3.8) is 0 Å². The van der Waals surface area contributed by atoms with Crippen LogP contribution < -0.4 is 0 Å². The van der Waals surface area contributed by atoms with Crippen molar-refractivity contribution in [1.82, 2.24) is 0 Å². The van der Waals surface area contributed by atoms with Crippen molar-refractivity contribution in [3.8, 4) is 0 Å². The van der Waals surface area contributed by atoms with Gasteiger partial charge in [0.05, 0.1) is 0 Å². The number of unbranched alkanes of at least 4 members (excludes halogenated alkanes) is 6. The Morgan fingerprint density at radius 3 is 1.65 bits per heavy atom. The van der Waals surface area contributed by atoms with Crippen molar-refractivity contribution in [3.05, 3.63) is 0 Å². The van der Waals surface area contributed by atoms with Gasteiger partial charge in [-0.25, -0.2) is 4.79 Å². The van der Waals surface area contributed by atoms with Gasteiger partial charge in [0.1, 0.15) is 0 Å². The lowest BCUT2D eigenvalue weighted by Gasteiger charge is -2.28. The summed E-state index contributed by atoms with van der Waals surface area (Å²) in [5, 5.41) is 8.82. The third kappa shape index (κ3) is 9.11. The van der Waals surface area contributed by atoms with Crippen LogP contribution in [-0.4, -0.2) is 16.9 Å². The van der Waals surface area contributed by atoms with E-state index in [-0.39, 0.29) is 11.8 Å². The second kappa shape index (κ2) is 10.9. The molecule has 0 unspecified atom stereocenters. The van der Waals surface area contributed by atoms with E-state index in [9.17, 15) is 9.59 Å². The Labute approximate surface area is 124 Å². The Balaban J connectivity index is 4.33. The van der Waals surface area contributed by atoms with Crippen molar-refractivity contribution in [2.75, 3.05) is 0 Å². The molecule has 0 aromatic carbocycles. The average molecular weight is 284 g/mol. The standard InChI is InChI=1S/C17H32O3/c1-4-6-8-10-12-17(3,13-11-9-7-5-2)14-15(18)16(19)20/h4-14H2,1-3H3,(H,19,20). The Kier molecular flexibility index (Phi) is 10.4. The monoisotopic (exact) mass is 284 g/mol. The molecule has 0 amide bonds. The molecule has 0 saturated carbocycles.